The summed E-state index contributed by atoms with van der Waals surface area (Å²) in [5.41, 5.74) is 1.29. The zero-order valence-electron chi connectivity index (χ0n) is 9.83. The molecule has 0 bridgehead atoms. The van der Waals surface area contributed by atoms with Crippen LogP contribution in [0.4, 0.5) is 5.69 Å². The zero-order chi connectivity index (χ0) is 11.2. The van der Waals surface area contributed by atoms with Crippen molar-refractivity contribution < 1.29 is 0 Å². The van der Waals surface area contributed by atoms with Crippen LogP contribution in [0.3, 0.4) is 0 Å². The first-order valence-corrected chi connectivity index (χ1v) is 7.20. The van der Waals surface area contributed by atoms with E-state index in [1.54, 1.807) is 0 Å². The predicted molar refractivity (Wildman–Crippen MR) is 72.3 cm³/mol. The van der Waals surface area contributed by atoms with Gasteiger partial charge in [-0.1, -0.05) is 12.1 Å². The Morgan fingerprint density at radius 3 is 2.81 bits per heavy atom. The maximum absolute atomic E-state index is 3.59. The summed E-state index contributed by atoms with van der Waals surface area (Å²) in [6, 6.07) is 8.55. The van der Waals surface area contributed by atoms with Crippen LogP contribution in [0.5, 0.6) is 0 Å². The Morgan fingerprint density at radius 1 is 1.31 bits per heavy atom. The summed E-state index contributed by atoms with van der Waals surface area (Å²) in [4.78, 5) is 1.34. The van der Waals surface area contributed by atoms with E-state index in [1.807, 2.05) is 11.8 Å². The van der Waals surface area contributed by atoms with Crippen LogP contribution >= 0.6 is 11.8 Å². The van der Waals surface area contributed by atoms with Crippen molar-refractivity contribution in [3.8, 4) is 0 Å². The molecular formula is C13H20N2S. The van der Waals surface area contributed by atoms with Crippen LogP contribution in [0.2, 0.25) is 0 Å². The summed E-state index contributed by atoms with van der Waals surface area (Å²) < 4.78 is 0. The van der Waals surface area contributed by atoms with Crippen molar-refractivity contribution in [2.75, 3.05) is 31.2 Å². The molecule has 1 heterocycles. The topological polar surface area (TPSA) is 24.1 Å². The third kappa shape index (κ3) is 3.16. The molecule has 1 fully saturated rings. The third-order valence-electron chi connectivity index (χ3n) is 3.15. The number of anilines is 1. The smallest absolute Gasteiger partial charge is 0.0478 e. The molecule has 1 aliphatic heterocycles. The van der Waals surface area contributed by atoms with Gasteiger partial charge in [-0.2, -0.15) is 0 Å². The van der Waals surface area contributed by atoms with E-state index in [1.165, 1.54) is 36.5 Å². The largest absolute Gasteiger partial charge is 0.384 e. The first kappa shape index (κ1) is 11.8. The van der Waals surface area contributed by atoms with Gasteiger partial charge in [0, 0.05) is 17.1 Å². The second kappa shape index (κ2) is 6.16. The second-order valence-electron chi connectivity index (χ2n) is 4.27. The molecule has 0 amide bonds. The Labute approximate surface area is 102 Å². The minimum atomic E-state index is 0.830. The molecule has 2 rings (SSSR count). The van der Waals surface area contributed by atoms with E-state index in [2.05, 4.69) is 41.2 Å². The Balaban J connectivity index is 1.88. The van der Waals surface area contributed by atoms with Gasteiger partial charge in [-0.05, 0) is 50.2 Å². The van der Waals surface area contributed by atoms with Crippen molar-refractivity contribution >= 4 is 17.4 Å². The van der Waals surface area contributed by atoms with Crippen LogP contribution < -0.4 is 10.6 Å². The minimum Gasteiger partial charge on any atom is -0.384 e. The number of rotatable bonds is 4. The van der Waals surface area contributed by atoms with E-state index < -0.39 is 0 Å². The third-order valence-corrected chi connectivity index (χ3v) is 3.94. The van der Waals surface area contributed by atoms with Crippen LogP contribution in [0.15, 0.2) is 29.2 Å². The molecule has 2 N–H and O–H groups in total. The van der Waals surface area contributed by atoms with Crippen molar-refractivity contribution in [2.24, 2.45) is 5.92 Å². The minimum absolute atomic E-state index is 0.830. The summed E-state index contributed by atoms with van der Waals surface area (Å²) >= 11 is 1.81. The molecule has 0 unspecified atom stereocenters. The fourth-order valence-electron chi connectivity index (χ4n) is 2.13. The lowest BCUT2D eigenvalue weighted by Gasteiger charge is -2.23. The highest BCUT2D eigenvalue weighted by atomic mass is 32.2. The molecule has 16 heavy (non-hydrogen) atoms. The molecule has 0 radical (unpaired) electrons. The van der Waals surface area contributed by atoms with Crippen LogP contribution in [0.25, 0.3) is 0 Å². The van der Waals surface area contributed by atoms with Gasteiger partial charge in [0.2, 0.25) is 0 Å². The van der Waals surface area contributed by atoms with Crippen LogP contribution in [-0.2, 0) is 0 Å². The van der Waals surface area contributed by atoms with Crippen molar-refractivity contribution in [3.05, 3.63) is 24.3 Å². The summed E-state index contributed by atoms with van der Waals surface area (Å²) in [5.74, 6) is 0.830. The highest BCUT2D eigenvalue weighted by molar-refractivity contribution is 7.98. The van der Waals surface area contributed by atoms with E-state index in [-0.39, 0.29) is 0 Å². The Bertz CT molecular complexity index is 321. The first-order valence-electron chi connectivity index (χ1n) is 5.98. The van der Waals surface area contributed by atoms with Crippen molar-refractivity contribution in [2.45, 2.75) is 17.7 Å². The summed E-state index contributed by atoms with van der Waals surface area (Å²) in [5, 5.41) is 6.99. The average molecular weight is 236 g/mol. The normalized spacial score (nSPS) is 17.3. The second-order valence-corrected chi connectivity index (χ2v) is 5.12. The van der Waals surface area contributed by atoms with Crippen molar-refractivity contribution in [1.29, 1.82) is 0 Å². The van der Waals surface area contributed by atoms with Gasteiger partial charge in [0.25, 0.3) is 0 Å². The quantitative estimate of drug-likeness (QED) is 0.786. The number of hydrogen-bond acceptors (Lipinski definition) is 3. The molecule has 1 aromatic carbocycles. The van der Waals surface area contributed by atoms with Gasteiger partial charge in [-0.15, -0.1) is 11.8 Å². The molecule has 3 heteroatoms. The van der Waals surface area contributed by atoms with Gasteiger partial charge >= 0.3 is 0 Å². The lowest BCUT2D eigenvalue weighted by atomic mass is 9.98. The number of nitrogens with one attached hydrogen (secondary N) is 2. The SMILES string of the molecule is CSc1ccccc1NCC1CCNCC1. The van der Waals surface area contributed by atoms with Gasteiger partial charge in [0.15, 0.2) is 0 Å². The molecule has 1 aliphatic rings. The summed E-state index contributed by atoms with van der Waals surface area (Å²) in [6.07, 6.45) is 4.73. The van der Waals surface area contributed by atoms with Crippen molar-refractivity contribution in [3.63, 3.8) is 0 Å². The molecule has 1 saturated heterocycles. The van der Waals surface area contributed by atoms with Gasteiger partial charge in [0.05, 0.1) is 0 Å². The Morgan fingerprint density at radius 2 is 2.06 bits per heavy atom. The highest BCUT2D eigenvalue weighted by Gasteiger charge is 2.12. The molecule has 0 spiro atoms. The molecule has 0 aliphatic carbocycles. The maximum Gasteiger partial charge on any atom is 0.0478 e. The molecular weight excluding hydrogens is 216 g/mol. The number of piperidine rings is 1. The molecule has 0 atom stereocenters. The fraction of sp³-hybridized carbons (Fsp3) is 0.538. The van der Waals surface area contributed by atoms with Gasteiger partial charge in [0.1, 0.15) is 0 Å². The Hall–Kier alpha value is -0.670. The average Bonchev–Trinajstić information content (AvgIpc) is 2.38. The first-order chi connectivity index (χ1) is 7.90. The Kier molecular flexibility index (Phi) is 4.55. The van der Waals surface area contributed by atoms with E-state index in [4.69, 9.17) is 0 Å². The molecule has 1 aromatic rings. The van der Waals surface area contributed by atoms with E-state index in [9.17, 15) is 0 Å². The lowest BCUT2D eigenvalue weighted by Crippen LogP contribution is -2.31. The van der Waals surface area contributed by atoms with Gasteiger partial charge < -0.3 is 10.6 Å². The van der Waals surface area contributed by atoms with E-state index in [0.717, 1.165) is 12.5 Å². The van der Waals surface area contributed by atoms with Gasteiger partial charge in [-0.25, -0.2) is 0 Å². The molecule has 0 saturated carbocycles. The number of hydrogen-bond donors (Lipinski definition) is 2. The van der Waals surface area contributed by atoms with Crippen LogP contribution in [0.1, 0.15) is 12.8 Å². The van der Waals surface area contributed by atoms with Crippen LogP contribution in [-0.4, -0.2) is 25.9 Å². The number of thioether (sulfide) groups is 1. The molecule has 0 aromatic heterocycles. The van der Waals surface area contributed by atoms with E-state index in [0.29, 0.717) is 0 Å². The zero-order valence-corrected chi connectivity index (χ0v) is 10.6. The fourth-order valence-corrected chi connectivity index (χ4v) is 2.71. The summed E-state index contributed by atoms with van der Waals surface area (Å²) in [6.45, 7) is 3.46. The van der Waals surface area contributed by atoms with E-state index >= 15 is 0 Å². The lowest BCUT2D eigenvalue weighted by molar-refractivity contribution is 0.390. The summed E-state index contributed by atoms with van der Waals surface area (Å²) in [7, 11) is 0. The standard InChI is InChI=1S/C13H20N2S/c1-16-13-5-3-2-4-12(13)15-10-11-6-8-14-9-7-11/h2-5,11,14-15H,6-10H2,1H3. The predicted octanol–water partition coefficient (Wildman–Crippen LogP) is 2.82. The number of para-hydroxylation sites is 1. The highest BCUT2D eigenvalue weighted by Crippen LogP contribution is 2.25. The van der Waals surface area contributed by atoms with Gasteiger partial charge in [-0.3, -0.25) is 0 Å². The van der Waals surface area contributed by atoms with Crippen LogP contribution in [0, 0.1) is 5.92 Å². The molecule has 88 valence electrons. The molecule has 2 nitrogen and oxygen atoms in total. The van der Waals surface area contributed by atoms with Crippen molar-refractivity contribution in [1.82, 2.24) is 5.32 Å². The number of benzene rings is 1. The monoisotopic (exact) mass is 236 g/mol. The maximum atomic E-state index is 3.59.